The van der Waals surface area contributed by atoms with Crippen LogP contribution in [0, 0.1) is 70.8 Å². The Morgan fingerprint density at radius 1 is 1.00 bits per heavy atom. The second kappa shape index (κ2) is 12.8. The summed E-state index contributed by atoms with van der Waals surface area (Å²) in [6.45, 7) is 11.3. The fourth-order valence-corrected chi connectivity index (χ4v) is 7.80. The van der Waals surface area contributed by atoms with Crippen LogP contribution in [-0.4, -0.2) is 81.7 Å². The number of aromatic hydroxyl groups is 2. The van der Waals surface area contributed by atoms with E-state index in [-0.39, 0.29) is 105 Å². The number of fused-ring (bicyclic) bond motifs is 9. The Morgan fingerprint density at radius 2 is 1.69 bits per heavy atom. The summed E-state index contributed by atoms with van der Waals surface area (Å²) in [6.07, 6.45) is 0.331. The number of carbonyl (C=O) groups excluding carboxylic acids is 2. The first-order valence-electron chi connectivity index (χ1n) is 15.5. The molecule has 12 heteroatoms. The molecule has 4 aliphatic heterocycles. The number of rotatable bonds is 6. The van der Waals surface area contributed by atoms with Gasteiger partial charge >= 0.3 is 0 Å². The number of aliphatic hydroxyl groups is 1. The van der Waals surface area contributed by atoms with Crippen LogP contribution in [0.4, 0.5) is 0 Å². The van der Waals surface area contributed by atoms with Crippen LogP contribution in [0.25, 0.3) is 0 Å². The second-order valence-electron chi connectivity index (χ2n) is 13.3. The molecule has 6 rings (SSSR count). The predicted molar refractivity (Wildman–Crippen MR) is 163 cm³/mol. The van der Waals surface area contributed by atoms with Crippen molar-refractivity contribution in [1.29, 1.82) is 0 Å². The van der Waals surface area contributed by atoms with Crippen molar-refractivity contribution in [2.45, 2.75) is 97.2 Å². The fourth-order valence-electron chi connectivity index (χ4n) is 7.80. The summed E-state index contributed by atoms with van der Waals surface area (Å²) in [5, 5.41) is 40.8. The molecule has 11 nitrogen and oxygen atoms in total. The van der Waals surface area contributed by atoms with Crippen molar-refractivity contribution in [2.75, 3.05) is 20.4 Å². The Labute approximate surface area is 300 Å². The first-order valence-corrected chi connectivity index (χ1v) is 15.5. The van der Waals surface area contributed by atoms with Crippen molar-refractivity contribution in [3.8, 4) is 23.0 Å². The number of nitrogens with zero attached hydrogens (tertiary/aromatic N) is 2. The normalized spacial score (nSPS) is 25.5. The summed E-state index contributed by atoms with van der Waals surface area (Å²) in [6, 6.07) is -0.133. The minimum atomic E-state index is -0.919. The quantitative estimate of drug-likeness (QED) is 0.297. The topological polar surface area (TPSA) is 144 Å². The Kier molecular flexibility index (Phi) is 9.77. The number of benzene rings is 2. The third-order valence-corrected chi connectivity index (χ3v) is 10.1. The van der Waals surface area contributed by atoms with Crippen molar-refractivity contribution in [1.82, 2.24) is 20.4 Å². The maximum atomic E-state index is 13.3. The number of amides is 2. The number of aryl methyl sites for hydroxylation is 1. The Hall–Kier alpha value is -2.10. The standard InChI is InChI=1S/C33H44N4O7.Ac/c1-14(2)8-24(38)35-18(6)32(41)34-12-23-26-20(28(39)17(5)30-31(26)44-13-43-30)11-21-27-25-19(9-15(3)16(4)29(25)40)10-22(36(27)7)33(42)37(21)23;/h9,14,18,21-23,27,33,39-40,42H,8,10-13H2,1-7H3,(H,34,41)(H,35,38);/t18-,21?,22-,23+,27+,33?;/m1./s1. The number of hydrogen-bond donors (Lipinski definition) is 5. The van der Waals surface area contributed by atoms with Gasteiger partial charge in [-0.25, -0.2) is 0 Å². The van der Waals surface area contributed by atoms with E-state index < -0.39 is 18.3 Å². The van der Waals surface area contributed by atoms with E-state index in [4.69, 9.17) is 9.47 Å². The van der Waals surface area contributed by atoms with E-state index in [1.165, 1.54) is 0 Å². The van der Waals surface area contributed by atoms with Gasteiger partial charge in [0, 0.05) is 85.3 Å². The van der Waals surface area contributed by atoms with Crippen molar-refractivity contribution >= 4 is 11.8 Å². The minimum Gasteiger partial charge on any atom is -0.507 e. The monoisotopic (exact) mass is 835 g/mol. The summed E-state index contributed by atoms with van der Waals surface area (Å²) < 4.78 is 11.7. The van der Waals surface area contributed by atoms with E-state index in [1.54, 1.807) is 13.8 Å². The molecule has 0 aliphatic carbocycles. The van der Waals surface area contributed by atoms with E-state index in [0.717, 1.165) is 22.3 Å². The number of aliphatic hydroxyl groups excluding tert-OH is 1. The molecule has 5 N–H and O–H groups in total. The van der Waals surface area contributed by atoms with Crippen molar-refractivity contribution in [3.05, 3.63) is 45.0 Å². The van der Waals surface area contributed by atoms with Gasteiger partial charge < -0.3 is 35.4 Å². The van der Waals surface area contributed by atoms with Gasteiger partial charge in [0.2, 0.25) is 18.6 Å². The summed E-state index contributed by atoms with van der Waals surface area (Å²) in [5.41, 5.74) is 5.63. The van der Waals surface area contributed by atoms with Crippen LogP contribution in [0.2, 0.25) is 0 Å². The van der Waals surface area contributed by atoms with E-state index in [9.17, 15) is 24.9 Å². The molecule has 2 aromatic rings. The molecule has 241 valence electrons. The molecule has 6 atom stereocenters. The Balaban J connectivity index is 0.00000400. The number of phenols is 2. The zero-order valence-corrected chi connectivity index (χ0v) is 31.8. The molecule has 1 saturated heterocycles. The Bertz CT molecular complexity index is 1530. The summed E-state index contributed by atoms with van der Waals surface area (Å²) in [4.78, 5) is 29.8. The summed E-state index contributed by atoms with van der Waals surface area (Å²) in [7, 11) is 1.98. The number of carbonyl (C=O) groups is 2. The molecule has 0 saturated carbocycles. The van der Waals surface area contributed by atoms with Crippen LogP contribution in [0.3, 0.4) is 0 Å². The fraction of sp³-hybridized carbons (Fsp3) is 0.576. The van der Waals surface area contributed by atoms with Crippen molar-refractivity contribution in [3.63, 3.8) is 0 Å². The second-order valence-corrected chi connectivity index (χ2v) is 13.3. The number of likely N-dealkylation sites (N-methyl/N-ethyl adjacent to an activating group) is 1. The molecule has 1 radical (unpaired) electrons. The van der Waals surface area contributed by atoms with Crippen LogP contribution in [-0.2, 0) is 22.4 Å². The zero-order valence-electron chi connectivity index (χ0n) is 27.1. The van der Waals surface area contributed by atoms with E-state index in [2.05, 4.69) is 21.6 Å². The molecular formula is C33H44AcN4O7. The Morgan fingerprint density at radius 3 is 2.38 bits per heavy atom. The first-order chi connectivity index (χ1) is 20.8. The van der Waals surface area contributed by atoms with Gasteiger partial charge in [0.05, 0.1) is 18.1 Å². The first kappa shape index (κ1) is 34.2. The molecule has 2 aromatic carbocycles. The van der Waals surface area contributed by atoms with E-state index >= 15 is 0 Å². The van der Waals surface area contributed by atoms with Gasteiger partial charge in [-0.3, -0.25) is 19.4 Å². The van der Waals surface area contributed by atoms with Crippen LogP contribution < -0.4 is 20.1 Å². The molecular weight excluding hydrogens is 791 g/mol. The minimum absolute atomic E-state index is 0. The predicted octanol–water partition coefficient (Wildman–Crippen LogP) is 2.62. The molecule has 4 aliphatic rings. The SMILES string of the molecule is Cc1cc2c(c(O)c1C)[C@@H]1C3Cc4c(O)c(C)c5c(c4[C@H](CNC(=O)[C@@H](C)NC(=O)CC(C)C)N3C(O)[C@@H](C2)N1C)OCO5.[Ac]. The van der Waals surface area contributed by atoms with Gasteiger partial charge in [0.1, 0.15) is 23.8 Å². The van der Waals surface area contributed by atoms with Gasteiger partial charge in [-0.1, -0.05) is 19.9 Å². The number of nitrogens with one attached hydrogen (secondary N) is 2. The molecule has 2 bridgehead atoms. The molecule has 2 unspecified atom stereocenters. The van der Waals surface area contributed by atoms with Gasteiger partial charge in [0.15, 0.2) is 11.5 Å². The number of hydrogen-bond acceptors (Lipinski definition) is 9. The molecule has 2 amide bonds. The third-order valence-electron chi connectivity index (χ3n) is 10.1. The van der Waals surface area contributed by atoms with Crippen molar-refractivity contribution < 1.29 is 78.4 Å². The molecule has 0 spiro atoms. The average molecular weight is 836 g/mol. The van der Waals surface area contributed by atoms with Crippen LogP contribution in [0.1, 0.15) is 78.2 Å². The molecule has 1 fully saturated rings. The molecule has 45 heavy (non-hydrogen) atoms. The third kappa shape index (κ3) is 5.63. The van der Waals surface area contributed by atoms with Gasteiger partial charge in [-0.2, -0.15) is 0 Å². The maximum absolute atomic E-state index is 13.3. The largest absolute Gasteiger partial charge is 0.507 e. The van der Waals surface area contributed by atoms with Gasteiger partial charge in [-0.05, 0) is 70.2 Å². The van der Waals surface area contributed by atoms with Crippen LogP contribution in [0.15, 0.2) is 6.07 Å². The maximum Gasteiger partial charge on any atom is 0.242 e. The van der Waals surface area contributed by atoms with E-state index in [0.29, 0.717) is 47.5 Å². The summed E-state index contributed by atoms with van der Waals surface area (Å²) >= 11 is 0. The number of ether oxygens (including phenoxy) is 2. The van der Waals surface area contributed by atoms with Gasteiger partial charge in [-0.15, -0.1) is 0 Å². The van der Waals surface area contributed by atoms with Gasteiger partial charge in [0.25, 0.3) is 0 Å². The number of phenolic OH excluding ortho intramolecular Hbond substituents is 2. The van der Waals surface area contributed by atoms with Crippen LogP contribution >= 0.6 is 0 Å². The molecule has 0 aromatic heterocycles. The molecule has 4 heterocycles. The van der Waals surface area contributed by atoms with E-state index in [1.807, 2.05) is 39.6 Å². The van der Waals surface area contributed by atoms with Crippen molar-refractivity contribution in [2.24, 2.45) is 5.92 Å². The van der Waals surface area contributed by atoms with Crippen LogP contribution in [0.5, 0.6) is 23.0 Å². The summed E-state index contributed by atoms with van der Waals surface area (Å²) in [5.74, 6) is 0.959. The smallest absolute Gasteiger partial charge is 0.242 e. The average Bonchev–Trinajstić information content (AvgIpc) is 3.45. The number of piperazine rings is 1. The zero-order chi connectivity index (χ0) is 31.8.